The maximum atomic E-state index is 13.7. The Labute approximate surface area is 196 Å². The Morgan fingerprint density at radius 2 is 1.79 bits per heavy atom. The highest BCUT2D eigenvalue weighted by atomic mass is 16.5. The SMILES string of the molecule is Cc1ccc(-c2cc(C(=O)N(C)[C@H](C)c3ccc(-n4cncn4)cc3)c3c(C)noc3n2)cc1. The van der Waals surface area contributed by atoms with E-state index in [1.807, 2.05) is 75.4 Å². The molecule has 5 aromatic rings. The number of benzene rings is 2. The molecule has 170 valence electrons. The van der Waals surface area contributed by atoms with Crippen molar-refractivity contribution in [1.29, 1.82) is 0 Å². The lowest BCUT2D eigenvalue weighted by molar-refractivity contribution is 0.0744. The molecule has 0 spiro atoms. The van der Waals surface area contributed by atoms with Crippen LogP contribution in [0.4, 0.5) is 0 Å². The molecule has 0 radical (unpaired) electrons. The second-order valence-corrected chi connectivity index (χ2v) is 8.39. The summed E-state index contributed by atoms with van der Waals surface area (Å²) in [5, 5.41) is 8.86. The topological polar surface area (TPSA) is 89.9 Å². The smallest absolute Gasteiger partial charge is 0.259 e. The molecular formula is C26H24N6O2. The van der Waals surface area contributed by atoms with E-state index in [9.17, 15) is 4.79 Å². The summed E-state index contributed by atoms with van der Waals surface area (Å²) in [5.41, 5.74) is 6.16. The lowest BCUT2D eigenvalue weighted by Crippen LogP contribution is -2.30. The third-order valence-electron chi connectivity index (χ3n) is 6.15. The molecule has 5 rings (SSSR count). The summed E-state index contributed by atoms with van der Waals surface area (Å²) in [4.78, 5) is 24.1. The van der Waals surface area contributed by atoms with Crippen LogP contribution in [0.5, 0.6) is 0 Å². The van der Waals surface area contributed by atoms with Crippen LogP contribution in [0.1, 0.15) is 40.1 Å². The minimum atomic E-state index is -0.163. The van der Waals surface area contributed by atoms with Crippen molar-refractivity contribution in [3.8, 4) is 16.9 Å². The molecule has 1 amide bonds. The summed E-state index contributed by atoms with van der Waals surface area (Å²) >= 11 is 0. The van der Waals surface area contributed by atoms with Crippen LogP contribution in [0.2, 0.25) is 0 Å². The molecular weight excluding hydrogens is 428 g/mol. The van der Waals surface area contributed by atoms with Gasteiger partial charge in [0.15, 0.2) is 0 Å². The number of aromatic nitrogens is 5. The summed E-state index contributed by atoms with van der Waals surface area (Å²) in [6.45, 7) is 5.86. The molecule has 0 aliphatic heterocycles. The van der Waals surface area contributed by atoms with Gasteiger partial charge in [-0.1, -0.05) is 47.1 Å². The fraction of sp³-hybridized carbons (Fsp3) is 0.192. The van der Waals surface area contributed by atoms with E-state index in [0.717, 1.165) is 22.4 Å². The second kappa shape index (κ2) is 8.55. The van der Waals surface area contributed by atoms with Crippen LogP contribution >= 0.6 is 0 Å². The van der Waals surface area contributed by atoms with E-state index in [1.54, 1.807) is 23.0 Å². The monoisotopic (exact) mass is 452 g/mol. The minimum Gasteiger partial charge on any atom is -0.335 e. The van der Waals surface area contributed by atoms with E-state index < -0.39 is 0 Å². The number of carbonyl (C=O) groups is 1. The molecule has 3 aromatic heterocycles. The molecule has 0 fully saturated rings. The van der Waals surface area contributed by atoms with Crippen molar-refractivity contribution in [2.75, 3.05) is 7.05 Å². The van der Waals surface area contributed by atoms with Gasteiger partial charge in [0.05, 0.1) is 34.1 Å². The van der Waals surface area contributed by atoms with E-state index in [4.69, 9.17) is 4.52 Å². The molecule has 0 saturated carbocycles. The molecule has 0 saturated heterocycles. The van der Waals surface area contributed by atoms with Gasteiger partial charge in [-0.25, -0.2) is 14.6 Å². The predicted molar refractivity (Wildman–Crippen MR) is 129 cm³/mol. The average Bonchev–Trinajstić information content (AvgIpc) is 3.53. The van der Waals surface area contributed by atoms with Crippen molar-refractivity contribution < 1.29 is 9.32 Å². The number of carbonyl (C=O) groups excluding carboxylic acids is 1. The largest absolute Gasteiger partial charge is 0.335 e. The fourth-order valence-corrected chi connectivity index (χ4v) is 3.97. The first-order valence-electron chi connectivity index (χ1n) is 11.0. The number of rotatable bonds is 5. The molecule has 0 aliphatic carbocycles. The number of hydrogen-bond donors (Lipinski definition) is 0. The number of pyridine rings is 1. The second-order valence-electron chi connectivity index (χ2n) is 8.39. The van der Waals surface area contributed by atoms with Crippen molar-refractivity contribution in [3.63, 3.8) is 0 Å². The van der Waals surface area contributed by atoms with E-state index >= 15 is 0 Å². The number of aryl methyl sites for hydroxylation is 2. The summed E-state index contributed by atoms with van der Waals surface area (Å²) in [5.74, 6) is -0.125. The molecule has 0 aliphatic rings. The lowest BCUT2D eigenvalue weighted by Gasteiger charge is -2.26. The summed E-state index contributed by atoms with van der Waals surface area (Å²) in [6, 6.07) is 17.6. The Morgan fingerprint density at radius 1 is 1.06 bits per heavy atom. The molecule has 3 heterocycles. The van der Waals surface area contributed by atoms with Crippen LogP contribution in [0.3, 0.4) is 0 Å². The van der Waals surface area contributed by atoms with Gasteiger partial charge in [0, 0.05) is 12.6 Å². The quantitative estimate of drug-likeness (QED) is 0.376. The van der Waals surface area contributed by atoms with Crippen LogP contribution in [0.15, 0.2) is 71.8 Å². The zero-order chi connectivity index (χ0) is 23.8. The Balaban J connectivity index is 1.49. The normalized spacial score (nSPS) is 12.1. The number of nitrogens with zero attached hydrogens (tertiary/aromatic N) is 6. The molecule has 1 atom stereocenters. The van der Waals surface area contributed by atoms with E-state index in [1.165, 1.54) is 6.33 Å². The van der Waals surface area contributed by atoms with E-state index in [0.29, 0.717) is 28.1 Å². The fourth-order valence-electron chi connectivity index (χ4n) is 3.97. The van der Waals surface area contributed by atoms with Crippen molar-refractivity contribution in [2.24, 2.45) is 0 Å². The average molecular weight is 453 g/mol. The predicted octanol–water partition coefficient (Wildman–Crippen LogP) is 4.92. The first kappa shape index (κ1) is 21.5. The van der Waals surface area contributed by atoms with Crippen LogP contribution in [0.25, 0.3) is 28.0 Å². The van der Waals surface area contributed by atoms with Crippen LogP contribution in [0, 0.1) is 13.8 Å². The van der Waals surface area contributed by atoms with Crippen molar-refractivity contribution in [2.45, 2.75) is 26.8 Å². The Hall–Kier alpha value is -4.33. The molecule has 8 nitrogen and oxygen atoms in total. The Kier molecular flexibility index (Phi) is 5.41. The number of amides is 1. The first-order chi connectivity index (χ1) is 16.4. The zero-order valence-corrected chi connectivity index (χ0v) is 19.4. The zero-order valence-electron chi connectivity index (χ0n) is 19.4. The molecule has 8 heteroatoms. The van der Waals surface area contributed by atoms with Gasteiger partial charge in [0.25, 0.3) is 11.6 Å². The minimum absolute atomic E-state index is 0.125. The van der Waals surface area contributed by atoms with Gasteiger partial charge < -0.3 is 9.42 Å². The van der Waals surface area contributed by atoms with Crippen LogP contribution in [-0.4, -0.2) is 42.8 Å². The maximum Gasteiger partial charge on any atom is 0.259 e. The van der Waals surface area contributed by atoms with Gasteiger partial charge in [-0.15, -0.1) is 0 Å². The highest BCUT2D eigenvalue weighted by molar-refractivity contribution is 6.07. The number of fused-ring (bicyclic) bond motifs is 1. The molecule has 0 unspecified atom stereocenters. The summed E-state index contributed by atoms with van der Waals surface area (Å²) in [6.07, 6.45) is 3.14. The molecule has 0 bridgehead atoms. The highest BCUT2D eigenvalue weighted by Gasteiger charge is 2.25. The highest BCUT2D eigenvalue weighted by Crippen LogP contribution is 2.30. The van der Waals surface area contributed by atoms with Gasteiger partial charge in [0.2, 0.25) is 0 Å². The molecule has 34 heavy (non-hydrogen) atoms. The van der Waals surface area contributed by atoms with Crippen LogP contribution < -0.4 is 0 Å². The standard InChI is InChI=1S/C26H24N6O2/c1-16-5-7-20(8-6-16)23-13-22(24-17(2)30-34-25(24)29-23)26(33)31(4)18(3)19-9-11-21(12-10-19)32-15-27-14-28-32/h5-15,18H,1-4H3/t18-/m1/s1. The lowest BCUT2D eigenvalue weighted by atomic mass is 10.0. The Bertz CT molecular complexity index is 1450. The first-order valence-corrected chi connectivity index (χ1v) is 11.0. The third kappa shape index (κ3) is 3.83. The maximum absolute atomic E-state index is 13.7. The van der Waals surface area contributed by atoms with Gasteiger partial charge in [0.1, 0.15) is 12.7 Å². The van der Waals surface area contributed by atoms with Crippen molar-refractivity contribution in [1.82, 2.24) is 29.8 Å². The Morgan fingerprint density at radius 3 is 2.47 bits per heavy atom. The summed E-state index contributed by atoms with van der Waals surface area (Å²) in [7, 11) is 1.80. The number of hydrogen-bond acceptors (Lipinski definition) is 6. The van der Waals surface area contributed by atoms with Gasteiger partial charge in [-0.05, 0) is 44.5 Å². The van der Waals surface area contributed by atoms with E-state index in [2.05, 4.69) is 20.2 Å². The van der Waals surface area contributed by atoms with E-state index in [-0.39, 0.29) is 11.9 Å². The molecule has 0 N–H and O–H groups in total. The van der Waals surface area contributed by atoms with Gasteiger partial charge in [-0.3, -0.25) is 4.79 Å². The van der Waals surface area contributed by atoms with Crippen molar-refractivity contribution in [3.05, 3.63) is 89.6 Å². The van der Waals surface area contributed by atoms with Gasteiger partial charge in [-0.2, -0.15) is 5.10 Å². The van der Waals surface area contributed by atoms with Crippen molar-refractivity contribution >= 4 is 17.0 Å². The van der Waals surface area contributed by atoms with Gasteiger partial charge >= 0.3 is 0 Å². The van der Waals surface area contributed by atoms with Crippen LogP contribution in [-0.2, 0) is 0 Å². The third-order valence-corrected chi connectivity index (χ3v) is 6.15. The summed E-state index contributed by atoms with van der Waals surface area (Å²) < 4.78 is 7.15. The molecule has 2 aromatic carbocycles.